The SMILES string of the molecule is Cc1ccc(C)c(NC(=S)NN=Cc2cccn2Cc2ccccc2C)c1. The molecule has 138 valence electrons. The van der Waals surface area contributed by atoms with E-state index >= 15 is 0 Å². The Kier molecular flexibility index (Phi) is 6.04. The van der Waals surface area contributed by atoms with Crippen molar-refractivity contribution in [1.29, 1.82) is 0 Å². The molecule has 1 aromatic heterocycles. The summed E-state index contributed by atoms with van der Waals surface area (Å²) in [5.41, 5.74) is 9.80. The van der Waals surface area contributed by atoms with Gasteiger partial charge in [-0.25, -0.2) is 0 Å². The number of nitrogens with one attached hydrogen (secondary N) is 2. The van der Waals surface area contributed by atoms with Crippen molar-refractivity contribution in [2.45, 2.75) is 27.3 Å². The fraction of sp³-hybridized carbons (Fsp3) is 0.182. The van der Waals surface area contributed by atoms with Crippen molar-refractivity contribution >= 4 is 29.2 Å². The lowest BCUT2D eigenvalue weighted by Gasteiger charge is -2.11. The first-order chi connectivity index (χ1) is 13.0. The van der Waals surface area contributed by atoms with Crippen LogP contribution >= 0.6 is 12.2 Å². The van der Waals surface area contributed by atoms with Crippen molar-refractivity contribution in [1.82, 2.24) is 9.99 Å². The van der Waals surface area contributed by atoms with Crippen LogP contribution in [-0.4, -0.2) is 15.9 Å². The van der Waals surface area contributed by atoms with Crippen LogP contribution < -0.4 is 10.7 Å². The molecule has 0 aliphatic carbocycles. The molecule has 0 bridgehead atoms. The summed E-state index contributed by atoms with van der Waals surface area (Å²) in [5, 5.41) is 7.95. The molecule has 0 aliphatic heterocycles. The summed E-state index contributed by atoms with van der Waals surface area (Å²) in [5.74, 6) is 0. The topological polar surface area (TPSA) is 41.4 Å². The van der Waals surface area contributed by atoms with Crippen molar-refractivity contribution < 1.29 is 0 Å². The molecular weight excluding hydrogens is 352 g/mol. The van der Waals surface area contributed by atoms with Gasteiger partial charge in [-0.3, -0.25) is 5.43 Å². The Bertz CT molecular complexity index is 972. The number of aromatic nitrogens is 1. The van der Waals surface area contributed by atoms with Crippen LogP contribution in [-0.2, 0) is 6.54 Å². The van der Waals surface area contributed by atoms with Gasteiger partial charge in [0.1, 0.15) is 0 Å². The summed E-state index contributed by atoms with van der Waals surface area (Å²) in [6.07, 6.45) is 3.84. The normalized spacial score (nSPS) is 10.9. The van der Waals surface area contributed by atoms with Gasteiger partial charge in [0.2, 0.25) is 0 Å². The zero-order valence-corrected chi connectivity index (χ0v) is 16.7. The van der Waals surface area contributed by atoms with E-state index in [1.54, 1.807) is 6.21 Å². The lowest BCUT2D eigenvalue weighted by atomic mass is 10.1. The largest absolute Gasteiger partial charge is 0.342 e. The first-order valence-corrected chi connectivity index (χ1v) is 9.31. The molecule has 0 spiro atoms. The third-order valence-electron chi connectivity index (χ3n) is 4.47. The maximum atomic E-state index is 5.35. The number of hydrazone groups is 1. The number of nitrogens with zero attached hydrogens (tertiary/aromatic N) is 2. The van der Waals surface area contributed by atoms with Crippen molar-refractivity contribution in [2.75, 3.05) is 5.32 Å². The van der Waals surface area contributed by atoms with Crippen molar-refractivity contribution in [3.05, 3.63) is 88.7 Å². The molecule has 3 rings (SSSR count). The van der Waals surface area contributed by atoms with Gasteiger partial charge in [0.25, 0.3) is 0 Å². The number of thiocarbonyl (C=S) groups is 1. The average Bonchev–Trinajstić information content (AvgIpc) is 3.07. The third-order valence-corrected chi connectivity index (χ3v) is 4.66. The van der Waals surface area contributed by atoms with Crippen LogP contribution in [0.2, 0.25) is 0 Å². The zero-order valence-electron chi connectivity index (χ0n) is 15.9. The molecule has 5 heteroatoms. The van der Waals surface area contributed by atoms with Gasteiger partial charge in [-0.2, -0.15) is 5.10 Å². The number of rotatable bonds is 5. The Hall–Kier alpha value is -2.92. The number of anilines is 1. The van der Waals surface area contributed by atoms with Crippen LogP contribution in [0.15, 0.2) is 65.9 Å². The molecule has 0 unspecified atom stereocenters. The number of hydrogen-bond donors (Lipinski definition) is 2. The number of aryl methyl sites for hydroxylation is 3. The second kappa shape index (κ2) is 8.64. The summed E-state index contributed by atoms with van der Waals surface area (Å²) >= 11 is 5.35. The summed E-state index contributed by atoms with van der Waals surface area (Å²) in [4.78, 5) is 0. The molecule has 0 radical (unpaired) electrons. The highest BCUT2D eigenvalue weighted by atomic mass is 32.1. The lowest BCUT2D eigenvalue weighted by molar-refractivity contribution is 0.793. The fourth-order valence-electron chi connectivity index (χ4n) is 2.84. The summed E-state index contributed by atoms with van der Waals surface area (Å²) in [6, 6.07) is 18.7. The van der Waals surface area contributed by atoms with Gasteiger partial charge >= 0.3 is 0 Å². The van der Waals surface area contributed by atoms with Crippen LogP contribution in [0.1, 0.15) is 27.9 Å². The fourth-order valence-corrected chi connectivity index (χ4v) is 3.00. The average molecular weight is 377 g/mol. The van der Waals surface area contributed by atoms with Crippen LogP contribution in [0, 0.1) is 20.8 Å². The molecule has 0 atom stereocenters. The van der Waals surface area contributed by atoms with E-state index in [1.165, 1.54) is 16.7 Å². The first-order valence-electron chi connectivity index (χ1n) is 8.90. The Morgan fingerprint density at radius 2 is 1.85 bits per heavy atom. The maximum absolute atomic E-state index is 5.35. The highest BCUT2D eigenvalue weighted by Crippen LogP contribution is 2.16. The summed E-state index contributed by atoms with van der Waals surface area (Å²) in [7, 11) is 0. The predicted octanol–water partition coefficient (Wildman–Crippen LogP) is 4.78. The van der Waals surface area contributed by atoms with E-state index in [0.29, 0.717) is 5.11 Å². The van der Waals surface area contributed by atoms with E-state index in [2.05, 4.69) is 82.9 Å². The highest BCUT2D eigenvalue weighted by Gasteiger charge is 2.03. The molecule has 2 aromatic carbocycles. The van der Waals surface area contributed by atoms with Crippen molar-refractivity contribution in [3.63, 3.8) is 0 Å². The van der Waals surface area contributed by atoms with Crippen LogP contribution in [0.5, 0.6) is 0 Å². The quantitative estimate of drug-likeness (QED) is 0.382. The van der Waals surface area contributed by atoms with Gasteiger partial charge in [-0.05, 0) is 73.4 Å². The molecule has 0 fully saturated rings. The van der Waals surface area contributed by atoms with Crippen LogP contribution in [0.25, 0.3) is 0 Å². The standard InChI is InChI=1S/C22H24N4S/c1-16-10-11-18(3)21(13-16)24-22(27)25-23-14-20-9-6-12-26(20)15-19-8-5-4-7-17(19)2/h4-14H,15H2,1-3H3,(H2,24,25,27). The molecule has 0 saturated carbocycles. The molecule has 4 nitrogen and oxygen atoms in total. The number of hydrogen-bond acceptors (Lipinski definition) is 2. The molecule has 3 aromatic rings. The Balaban J connectivity index is 1.62. The predicted molar refractivity (Wildman–Crippen MR) is 118 cm³/mol. The Morgan fingerprint density at radius 1 is 1.04 bits per heavy atom. The molecule has 27 heavy (non-hydrogen) atoms. The zero-order chi connectivity index (χ0) is 19.2. The lowest BCUT2D eigenvalue weighted by Crippen LogP contribution is -2.24. The maximum Gasteiger partial charge on any atom is 0.191 e. The molecule has 0 amide bonds. The highest BCUT2D eigenvalue weighted by molar-refractivity contribution is 7.80. The smallest absolute Gasteiger partial charge is 0.191 e. The summed E-state index contributed by atoms with van der Waals surface area (Å²) < 4.78 is 2.16. The van der Waals surface area contributed by atoms with E-state index in [1.807, 2.05) is 19.1 Å². The van der Waals surface area contributed by atoms with E-state index in [0.717, 1.165) is 23.5 Å². The van der Waals surface area contributed by atoms with Gasteiger partial charge in [0.15, 0.2) is 5.11 Å². The van der Waals surface area contributed by atoms with E-state index in [4.69, 9.17) is 12.2 Å². The summed E-state index contributed by atoms with van der Waals surface area (Å²) in [6.45, 7) is 7.05. The van der Waals surface area contributed by atoms with Gasteiger partial charge in [0.05, 0.1) is 11.9 Å². The molecule has 0 saturated heterocycles. The van der Waals surface area contributed by atoms with E-state index < -0.39 is 0 Å². The first kappa shape index (κ1) is 18.9. The molecule has 1 heterocycles. The van der Waals surface area contributed by atoms with Gasteiger partial charge in [-0.15, -0.1) is 0 Å². The molecular formula is C22H24N4S. The Morgan fingerprint density at radius 3 is 2.67 bits per heavy atom. The minimum Gasteiger partial charge on any atom is -0.342 e. The number of benzene rings is 2. The second-order valence-electron chi connectivity index (χ2n) is 6.63. The van der Waals surface area contributed by atoms with Gasteiger partial charge < -0.3 is 9.88 Å². The minimum atomic E-state index is 0.469. The van der Waals surface area contributed by atoms with Crippen LogP contribution in [0.3, 0.4) is 0 Å². The van der Waals surface area contributed by atoms with Gasteiger partial charge in [-0.1, -0.05) is 36.4 Å². The van der Waals surface area contributed by atoms with E-state index in [9.17, 15) is 0 Å². The Labute approximate surface area is 165 Å². The third kappa shape index (κ3) is 5.05. The van der Waals surface area contributed by atoms with Crippen molar-refractivity contribution in [3.8, 4) is 0 Å². The molecule has 2 N–H and O–H groups in total. The second-order valence-corrected chi connectivity index (χ2v) is 7.04. The molecule has 0 aliphatic rings. The minimum absolute atomic E-state index is 0.469. The van der Waals surface area contributed by atoms with E-state index in [-0.39, 0.29) is 0 Å². The van der Waals surface area contributed by atoms with Gasteiger partial charge in [0, 0.05) is 18.4 Å². The monoisotopic (exact) mass is 376 g/mol. The van der Waals surface area contributed by atoms with Crippen molar-refractivity contribution in [2.24, 2.45) is 5.10 Å². The van der Waals surface area contributed by atoms with Crippen LogP contribution in [0.4, 0.5) is 5.69 Å².